The minimum Gasteiger partial charge on any atom is -0.372 e. The van der Waals surface area contributed by atoms with Crippen molar-refractivity contribution in [3.05, 3.63) is 74.2 Å². The van der Waals surface area contributed by atoms with Gasteiger partial charge in [0.15, 0.2) is 11.4 Å². The van der Waals surface area contributed by atoms with Gasteiger partial charge in [-0.3, -0.25) is 0 Å². The lowest BCUT2D eigenvalue weighted by atomic mass is 10.1. The Balaban J connectivity index is 2.06. The number of thiazole rings is 1. The fourth-order valence-corrected chi connectivity index (χ4v) is 4.81. The zero-order valence-corrected chi connectivity index (χ0v) is 20.3. The second-order valence-corrected chi connectivity index (χ2v) is 10.8. The summed E-state index contributed by atoms with van der Waals surface area (Å²) in [6.07, 6.45) is -0.529. The van der Waals surface area contributed by atoms with E-state index in [4.69, 9.17) is 5.26 Å². The van der Waals surface area contributed by atoms with Crippen LogP contribution in [0.2, 0.25) is 0 Å². The Morgan fingerprint density at radius 2 is 1.91 bits per heavy atom. The lowest BCUT2D eigenvalue weighted by molar-refractivity contribution is 0.162. The average molecular weight is 532 g/mol. The third-order valence-corrected chi connectivity index (χ3v) is 6.62. The number of aliphatic hydroxyl groups is 1. The van der Waals surface area contributed by atoms with Crippen LogP contribution >= 0.6 is 27.3 Å². The van der Waals surface area contributed by atoms with Gasteiger partial charge in [0.05, 0.1) is 36.1 Å². The zero-order chi connectivity index (χ0) is 23.5. The van der Waals surface area contributed by atoms with Crippen LogP contribution in [-0.2, 0) is 16.6 Å². The van der Waals surface area contributed by atoms with Crippen LogP contribution in [0.3, 0.4) is 0 Å². The highest BCUT2D eigenvalue weighted by Crippen LogP contribution is 2.35. The van der Waals surface area contributed by atoms with Crippen molar-refractivity contribution in [1.82, 2.24) is 9.71 Å². The number of sulfonamides is 1. The smallest absolute Gasteiger partial charge is 0.211 e. The highest BCUT2D eigenvalue weighted by molar-refractivity contribution is 9.10. The van der Waals surface area contributed by atoms with E-state index in [1.54, 1.807) is 37.3 Å². The van der Waals surface area contributed by atoms with Crippen LogP contribution in [0.1, 0.15) is 33.5 Å². The largest absolute Gasteiger partial charge is 0.372 e. The van der Waals surface area contributed by atoms with Gasteiger partial charge in [0.1, 0.15) is 5.69 Å². The van der Waals surface area contributed by atoms with Crippen LogP contribution in [0.25, 0.3) is 0 Å². The van der Waals surface area contributed by atoms with E-state index in [0.717, 1.165) is 22.0 Å². The molecule has 0 aliphatic rings. The van der Waals surface area contributed by atoms with Crippen molar-refractivity contribution in [3.63, 3.8) is 0 Å². The molecule has 1 atom stereocenters. The number of aryl methyl sites for hydroxylation is 1. The minimum absolute atomic E-state index is 0.199. The number of nitriles is 2. The summed E-state index contributed by atoms with van der Waals surface area (Å²) in [6, 6.07) is 16.6. The van der Waals surface area contributed by atoms with E-state index in [2.05, 4.69) is 37.8 Å². The summed E-state index contributed by atoms with van der Waals surface area (Å²) < 4.78 is 26.0. The van der Waals surface area contributed by atoms with E-state index < -0.39 is 16.3 Å². The number of hydrogen-bond donors (Lipinski definition) is 2. The standard InChI is InChI=1S/C21H18BrN5O3S2/c1-13-19(20(28)26-32(2,29)30)25-21(31-13)27(18-7-3-14(10-23)4-8-18)12-15-5-6-17(22)9-16(15)11-24/h3-9,20,26,28H,12H2,1-2H3. The van der Waals surface area contributed by atoms with Crippen molar-refractivity contribution in [2.45, 2.75) is 19.7 Å². The van der Waals surface area contributed by atoms with Gasteiger partial charge >= 0.3 is 0 Å². The van der Waals surface area contributed by atoms with Crippen LogP contribution in [0, 0.1) is 29.6 Å². The topological polar surface area (TPSA) is 130 Å². The minimum atomic E-state index is -3.64. The average Bonchev–Trinajstić information content (AvgIpc) is 3.13. The molecular formula is C21H18BrN5O3S2. The van der Waals surface area contributed by atoms with Crippen LogP contribution in [0.4, 0.5) is 10.8 Å². The molecule has 32 heavy (non-hydrogen) atoms. The molecule has 1 aromatic heterocycles. The number of nitrogens with zero attached hydrogens (tertiary/aromatic N) is 4. The van der Waals surface area contributed by atoms with Gasteiger partial charge in [0.2, 0.25) is 10.0 Å². The van der Waals surface area contributed by atoms with Gasteiger partial charge in [-0.15, -0.1) is 11.3 Å². The molecule has 11 heteroatoms. The molecule has 8 nitrogen and oxygen atoms in total. The molecular weight excluding hydrogens is 514 g/mol. The van der Waals surface area contributed by atoms with Crippen molar-refractivity contribution in [1.29, 1.82) is 10.5 Å². The molecule has 0 bridgehead atoms. The molecule has 0 aliphatic carbocycles. The van der Waals surface area contributed by atoms with Gasteiger partial charge < -0.3 is 10.0 Å². The fourth-order valence-electron chi connectivity index (χ4n) is 2.97. The molecule has 2 aromatic carbocycles. The first kappa shape index (κ1) is 23.9. The highest BCUT2D eigenvalue weighted by atomic mass is 79.9. The molecule has 0 aliphatic heterocycles. The van der Waals surface area contributed by atoms with Crippen molar-refractivity contribution >= 4 is 48.1 Å². The second-order valence-electron chi connectivity index (χ2n) is 6.89. The van der Waals surface area contributed by atoms with Crippen LogP contribution in [0.5, 0.6) is 0 Å². The molecule has 1 heterocycles. The summed E-state index contributed by atoms with van der Waals surface area (Å²) in [5.74, 6) is 0. The molecule has 3 rings (SSSR count). The van der Waals surface area contributed by atoms with Crippen molar-refractivity contribution < 1.29 is 13.5 Å². The molecule has 1 unspecified atom stereocenters. The predicted octanol–water partition coefficient (Wildman–Crippen LogP) is 3.84. The van der Waals surface area contributed by atoms with Gasteiger partial charge in [-0.25, -0.2) is 13.4 Å². The lowest BCUT2D eigenvalue weighted by Gasteiger charge is -2.23. The Labute approximate surface area is 198 Å². The summed E-state index contributed by atoms with van der Waals surface area (Å²) >= 11 is 4.65. The Bertz CT molecular complexity index is 1320. The molecule has 0 spiro atoms. The fraction of sp³-hybridized carbons (Fsp3) is 0.190. The first-order valence-electron chi connectivity index (χ1n) is 9.20. The first-order valence-corrected chi connectivity index (χ1v) is 12.7. The third kappa shape index (κ3) is 5.71. The van der Waals surface area contributed by atoms with E-state index in [1.165, 1.54) is 11.3 Å². The van der Waals surface area contributed by atoms with Crippen LogP contribution < -0.4 is 9.62 Å². The summed E-state index contributed by atoms with van der Waals surface area (Å²) in [5.41, 5.74) is 2.67. The Morgan fingerprint density at radius 1 is 1.22 bits per heavy atom. The third-order valence-electron chi connectivity index (χ3n) is 4.47. The van der Waals surface area contributed by atoms with Gasteiger partial charge in [-0.1, -0.05) is 22.0 Å². The maximum atomic E-state index is 11.5. The molecule has 0 saturated heterocycles. The maximum Gasteiger partial charge on any atom is 0.211 e. The van der Waals surface area contributed by atoms with Gasteiger partial charge in [0, 0.05) is 15.0 Å². The monoisotopic (exact) mass is 531 g/mol. The lowest BCUT2D eigenvalue weighted by Crippen LogP contribution is -2.28. The number of aromatic nitrogens is 1. The number of anilines is 2. The van der Waals surface area contributed by atoms with Gasteiger partial charge in [-0.05, 0) is 48.9 Å². The summed E-state index contributed by atoms with van der Waals surface area (Å²) in [4.78, 5) is 6.98. The molecule has 0 amide bonds. The van der Waals surface area contributed by atoms with Crippen LogP contribution in [0.15, 0.2) is 46.9 Å². The first-order chi connectivity index (χ1) is 15.1. The summed E-state index contributed by atoms with van der Waals surface area (Å²) in [7, 11) is -3.64. The summed E-state index contributed by atoms with van der Waals surface area (Å²) in [6.45, 7) is 2.03. The Kier molecular flexibility index (Phi) is 7.29. The number of hydrogen-bond acceptors (Lipinski definition) is 8. The highest BCUT2D eigenvalue weighted by Gasteiger charge is 2.23. The Morgan fingerprint density at radius 3 is 2.50 bits per heavy atom. The van der Waals surface area contributed by atoms with Gasteiger partial charge in [0.25, 0.3) is 0 Å². The molecule has 3 aromatic rings. The van der Waals surface area contributed by atoms with Gasteiger partial charge in [-0.2, -0.15) is 15.2 Å². The number of benzene rings is 2. The summed E-state index contributed by atoms with van der Waals surface area (Å²) in [5, 5.41) is 29.5. The van der Waals surface area contributed by atoms with E-state index in [-0.39, 0.29) is 5.69 Å². The molecule has 0 saturated carbocycles. The van der Waals surface area contributed by atoms with E-state index in [1.807, 2.05) is 17.0 Å². The maximum absolute atomic E-state index is 11.5. The van der Waals surface area contributed by atoms with Crippen molar-refractivity contribution in [2.75, 3.05) is 11.2 Å². The normalized spacial score (nSPS) is 12.1. The molecule has 0 fully saturated rings. The van der Waals surface area contributed by atoms with Crippen molar-refractivity contribution in [3.8, 4) is 12.1 Å². The Hall–Kier alpha value is -2.80. The van der Waals surface area contributed by atoms with Crippen molar-refractivity contribution in [2.24, 2.45) is 0 Å². The van der Waals surface area contributed by atoms with E-state index in [9.17, 15) is 18.8 Å². The second kappa shape index (κ2) is 9.77. The molecule has 0 radical (unpaired) electrons. The number of rotatable bonds is 7. The number of aliphatic hydroxyl groups excluding tert-OH is 1. The number of halogens is 1. The number of nitrogens with one attached hydrogen (secondary N) is 1. The molecule has 2 N–H and O–H groups in total. The zero-order valence-electron chi connectivity index (χ0n) is 17.1. The predicted molar refractivity (Wildman–Crippen MR) is 126 cm³/mol. The quantitative estimate of drug-likeness (QED) is 0.442. The van der Waals surface area contributed by atoms with Crippen LogP contribution in [-0.4, -0.2) is 24.8 Å². The molecule has 164 valence electrons. The van der Waals surface area contributed by atoms with E-state index >= 15 is 0 Å². The SMILES string of the molecule is Cc1sc(N(Cc2ccc(Br)cc2C#N)c2ccc(C#N)cc2)nc1C(O)NS(C)(=O)=O. The van der Waals surface area contributed by atoms with E-state index in [0.29, 0.717) is 27.7 Å².